The molecule has 3 aromatic rings. The summed E-state index contributed by atoms with van der Waals surface area (Å²) in [5.74, 6) is -2.08. The topological polar surface area (TPSA) is 193 Å². The lowest BCUT2D eigenvalue weighted by atomic mass is 10.0. The minimum absolute atomic E-state index is 0.212. The molecule has 0 saturated carbocycles. The molecule has 3 N–H and O–H groups in total. The van der Waals surface area contributed by atoms with E-state index in [2.05, 4.69) is 30.0 Å². The van der Waals surface area contributed by atoms with Crippen molar-refractivity contribution in [1.82, 2.24) is 20.4 Å². The largest absolute Gasteiger partial charge is 0.543 e. The third kappa shape index (κ3) is 4.02. The number of carbonyl (C=O) groups is 3. The van der Waals surface area contributed by atoms with Crippen LogP contribution in [0.2, 0.25) is 0 Å². The Balaban J connectivity index is 1.36. The molecular formula is C21H19N7O7S. The lowest BCUT2D eigenvalue weighted by Gasteiger charge is -2.50. The summed E-state index contributed by atoms with van der Waals surface area (Å²) < 4.78 is 12.1. The number of nitrogens with two attached hydrogens (primary N) is 1. The number of hydrogen-bond donors (Lipinski definition) is 2. The second-order valence-corrected chi connectivity index (χ2v) is 9.08. The number of oxime groups is 1. The first-order valence-electron chi connectivity index (χ1n) is 10.6. The van der Waals surface area contributed by atoms with E-state index >= 15 is 0 Å². The number of furan rings is 1. The summed E-state index contributed by atoms with van der Waals surface area (Å²) in [7, 11) is 1.21. The van der Waals surface area contributed by atoms with Crippen molar-refractivity contribution in [3.05, 3.63) is 47.4 Å². The third-order valence-electron chi connectivity index (χ3n) is 5.59. The van der Waals surface area contributed by atoms with E-state index in [1.807, 2.05) is 19.1 Å². The summed E-state index contributed by atoms with van der Waals surface area (Å²) in [6.07, 6.45) is 3.57. The Morgan fingerprint density at radius 3 is 2.97 bits per heavy atom. The number of carboxylic acids is 1. The van der Waals surface area contributed by atoms with Crippen molar-refractivity contribution in [1.29, 1.82) is 0 Å². The van der Waals surface area contributed by atoms with Crippen LogP contribution in [0.1, 0.15) is 11.6 Å². The zero-order valence-electron chi connectivity index (χ0n) is 19.0. The van der Waals surface area contributed by atoms with Gasteiger partial charge in [0.05, 0.1) is 11.7 Å². The summed E-state index contributed by atoms with van der Waals surface area (Å²) in [4.78, 5) is 47.3. The number of anilines is 1. The Labute approximate surface area is 206 Å². The van der Waals surface area contributed by atoms with Gasteiger partial charge in [-0.05, 0) is 13.0 Å². The number of amides is 2. The summed E-state index contributed by atoms with van der Waals surface area (Å²) >= 11 is 1.31. The maximum absolute atomic E-state index is 13.0. The molecule has 0 spiro atoms. The van der Waals surface area contributed by atoms with Gasteiger partial charge in [-0.25, -0.2) is 0 Å². The number of aryl methyl sites for hydroxylation is 1. The van der Waals surface area contributed by atoms with Crippen molar-refractivity contribution >= 4 is 52.2 Å². The number of carboxylic acid groups (broad SMARTS) is 1. The number of hydrogen-bond acceptors (Lipinski definition) is 12. The van der Waals surface area contributed by atoms with Crippen LogP contribution in [-0.2, 0) is 25.8 Å². The maximum atomic E-state index is 13.0. The summed E-state index contributed by atoms with van der Waals surface area (Å²) in [5, 5.41) is 22.0. The van der Waals surface area contributed by atoms with Gasteiger partial charge in [0.1, 0.15) is 24.3 Å². The number of rotatable bonds is 7. The molecule has 2 atom stereocenters. The van der Waals surface area contributed by atoms with E-state index in [0.29, 0.717) is 16.9 Å². The van der Waals surface area contributed by atoms with Gasteiger partial charge < -0.3 is 34.7 Å². The van der Waals surface area contributed by atoms with E-state index < -0.39 is 29.2 Å². The average Bonchev–Trinajstić information content (AvgIpc) is 3.44. The molecule has 0 aliphatic carbocycles. The Hall–Kier alpha value is -4.40. The van der Waals surface area contributed by atoms with Gasteiger partial charge in [-0.3, -0.25) is 14.5 Å². The van der Waals surface area contributed by atoms with Gasteiger partial charge in [-0.15, -0.1) is 11.8 Å². The Morgan fingerprint density at radius 1 is 1.47 bits per heavy atom. The van der Waals surface area contributed by atoms with Gasteiger partial charge in [0.15, 0.2) is 18.3 Å². The third-order valence-corrected chi connectivity index (χ3v) is 6.93. The molecule has 1 unspecified atom stereocenters. The second-order valence-electron chi connectivity index (χ2n) is 7.97. The van der Waals surface area contributed by atoms with Gasteiger partial charge in [0, 0.05) is 22.8 Å². The van der Waals surface area contributed by atoms with E-state index in [4.69, 9.17) is 10.2 Å². The molecule has 186 valence electrons. The summed E-state index contributed by atoms with van der Waals surface area (Å²) in [5.41, 5.74) is 5.97. The molecule has 5 heterocycles. The maximum Gasteiger partial charge on any atom is 0.319 e. The smallest absolute Gasteiger partial charge is 0.319 e. The first-order chi connectivity index (χ1) is 17.3. The van der Waals surface area contributed by atoms with Gasteiger partial charge in [-0.2, -0.15) is 9.55 Å². The van der Waals surface area contributed by atoms with Crippen LogP contribution in [-0.4, -0.2) is 62.8 Å². The highest BCUT2D eigenvalue weighted by atomic mass is 32.2. The van der Waals surface area contributed by atoms with Crippen LogP contribution in [0, 0.1) is 6.92 Å². The molecular weight excluding hydrogens is 494 g/mol. The molecule has 5 rings (SSSR count). The second kappa shape index (κ2) is 8.99. The monoisotopic (exact) mass is 513 g/mol. The van der Waals surface area contributed by atoms with Gasteiger partial charge in [-0.1, -0.05) is 10.3 Å². The van der Waals surface area contributed by atoms with Crippen LogP contribution in [0.5, 0.6) is 0 Å². The number of thioether (sulfide) groups is 1. The van der Waals surface area contributed by atoms with Crippen LogP contribution in [0.4, 0.5) is 6.01 Å². The van der Waals surface area contributed by atoms with E-state index in [1.165, 1.54) is 18.9 Å². The van der Waals surface area contributed by atoms with Crippen LogP contribution >= 0.6 is 11.8 Å². The first kappa shape index (κ1) is 23.3. The summed E-state index contributed by atoms with van der Waals surface area (Å²) in [6.45, 7) is 2.05. The van der Waals surface area contributed by atoms with Crippen molar-refractivity contribution in [2.75, 3.05) is 18.6 Å². The number of fused-ring (bicyclic) bond motifs is 2. The van der Waals surface area contributed by atoms with Crippen LogP contribution in [0.25, 0.3) is 11.0 Å². The molecule has 0 radical (unpaired) electrons. The highest BCUT2D eigenvalue weighted by Crippen LogP contribution is 2.40. The fourth-order valence-electron chi connectivity index (χ4n) is 4.08. The van der Waals surface area contributed by atoms with Crippen molar-refractivity contribution in [2.24, 2.45) is 5.16 Å². The fraction of sp³-hybridized carbons (Fsp3) is 0.286. The predicted octanol–water partition coefficient (Wildman–Crippen LogP) is -1.55. The van der Waals surface area contributed by atoms with Crippen molar-refractivity contribution in [3.8, 4) is 0 Å². The minimum atomic E-state index is -1.48. The van der Waals surface area contributed by atoms with E-state index in [0.717, 1.165) is 16.0 Å². The molecule has 2 aliphatic heterocycles. The Kier molecular flexibility index (Phi) is 5.83. The summed E-state index contributed by atoms with van der Waals surface area (Å²) in [6, 6.07) is 2.46. The normalized spacial score (nSPS) is 19.8. The number of aromatic nitrogens is 3. The molecule has 2 aliphatic rings. The zero-order valence-corrected chi connectivity index (χ0v) is 19.8. The SMILES string of the molecule is CON=C(C(=O)NC1C(=O)N2C(C(=O)[O-])=C(C[n+]3ccc4cc(C)oc4c3)CS[C@H]12)c1noc(N)n1. The van der Waals surface area contributed by atoms with Crippen LogP contribution in [0.15, 0.2) is 49.9 Å². The molecule has 1 saturated heterocycles. The van der Waals surface area contributed by atoms with Crippen LogP contribution in [0.3, 0.4) is 0 Å². The molecule has 2 amide bonds. The van der Waals surface area contributed by atoms with Gasteiger partial charge in [0.2, 0.25) is 17.7 Å². The fourth-order valence-corrected chi connectivity index (χ4v) is 5.42. The molecule has 3 aromatic heterocycles. The highest BCUT2D eigenvalue weighted by Gasteiger charge is 2.53. The van der Waals surface area contributed by atoms with Crippen molar-refractivity contribution in [3.63, 3.8) is 0 Å². The molecule has 36 heavy (non-hydrogen) atoms. The molecule has 1 fully saturated rings. The molecule has 15 heteroatoms. The number of nitrogen functional groups attached to an aromatic ring is 1. The number of carbonyl (C=O) groups excluding carboxylic acids is 3. The number of β-lactam (4-membered cyclic amide) rings is 1. The van der Waals surface area contributed by atoms with Gasteiger partial charge in [0.25, 0.3) is 11.8 Å². The van der Waals surface area contributed by atoms with Crippen LogP contribution < -0.4 is 20.7 Å². The number of nitrogens with zero attached hydrogens (tertiary/aromatic N) is 5. The Morgan fingerprint density at radius 2 is 2.28 bits per heavy atom. The minimum Gasteiger partial charge on any atom is -0.543 e. The van der Waals surface area contributed by atoms with E-state index in [1.54, 1.807) is 17.0 Å². The molecule has 0 aromatic carbocycles. The highest BCUT2D eigenvalue weighted by molar-refractivity contribution is 8.00. The molecule has 14 nitrogen and oxygen atoms in total. The van der Waals surface area contributed by atoms with Crippen molar-refractivity contribution in [2.45, 2.75) is 24.9 Å². The quantitative estimate of drug-likeness (QED) is 0.161. The van der Waals surface area contributed by atoms with E-state index in [-0.39, 0.29) is 29.8 Å². The average molecular weight is 513 g/mol. The van der Waals surface area contributed by atoms with E-state index in [9.17, 15) is 19.5 Å². The zero-order chi connectivity index (χ0) is 25.6. The predicted molar refractivity (Wildman–Crippen MR) is 120 cm³/mol. The number of pyridine rings is 1. The van der Waals surface area contributed by atoms with Gasteiger partial charge >= 0.3 is 6.01 Å². The molecule has 0 bridgehead atoms. The van der Waals surface area contributed by atoms with Crippen molar-refractivity contribution < 1.29 is 37.8 Å². The standard InChI is InChI=1S/C21H19N7O7S/c1-9-5-10-3-4-27(7-12(10)34-9)6-11-8-36-19-14(18(30)28(19)15(11)20(31)32)23-17(29)13(25-33-2)16-24-21(22)35-26-16/h3-5,7,14,19H,6,8H2,1-2H3,(H3-,22,23,24,26,29,31,32)/t14?,19-/m1/s1. The Bertz CT molecular complexity index is 1460. The lowest BCUT2D eigenvalue weighted by molar-refractivity contribution is -0.688. The number of nitrogens with one attached hydrogen (secondary N) is 1. The number of aliphatic carboxylic acids is 1. The lowest BCUT2D eigenvalue weighted by Crippen LogP contribution is -2.71. The first-order valence-corrected chi connectivity index (χ1v) is 11.6.